The number of benzene rings is 1. The molecule has 19 heavy (non-hydrogen) atoms. The molecule has 108 valence electrons. The zero-order chi connectivity index (χ0) is 14.5. The topological polar surface area (TPSA) is 58.2 Å². The lowest BCUT2D eigenvalue weighted by atomic mass is 10.1. The Balaban J connectivity index is 2.73. The molecule has 0 radical (unpaired) electrons. The molecule has 0 aliphatic heterocycles. The van der Waals surface area contributed by atoms with E-state index in [1.807, 2.05) is 32.9 Å². The number of anilines is 1. The third-order valence-corrected chi connectivity index (χ3v) is 4.67. The van der Waals surface area contributed by atoms with Crippen molar-refractivity contribution in [2.75, 3.05) is 23.6 Å². The Kier molecular flexibility index (Phi) is 6.29. The fourth-order valence-corrected chi connectivity index (χ4v) is 3.93. The molecule has 0 unspecified atom stereocenters. The van der Waals surface area contributed by atoms with Crippen LogP contribution in [-0.2, 0) is 10.0 Å². The highest BCUT2D eigenvalue weighted by atomic mass is 79.9. The van der Waals surface area contributed by atoms with E-state index >= 15 is 0 Å². The van der Waals surface area contributed by atoms with Crippen molar-refractivity contribution in [3.63, 3.8) is 0 Å². The maximum atomic E-state index is 12.0. The molecule has 0 saturated heterocycles. The van der Waals surface area contributed by atoms with Crippen molar-refractivity contribution < 1.29 is 8.42 Å². The van der Waals surface area contributed by atoms with Crippen molar-refractivity contribution in [3.05, 3.63) is 27.7 Å². The molecule has 4 nitrogen and oxygen atoms in total. The van der Waals surface area contributed by atoms with Crippen LogP contribution in [-0.4, -0.2) is 27.3 Å². The molecule has 0 aromatic heterocycles. The van der Waals surface area contributed by atoms with Crippen LogP contribution in [0.15, 0.2) is 16.6 Å². The van der Waals surface area contributed by atoms with Crippen molar-refractivity contribution in [2.45, 2.75) is 27.2 Å². The summed E-state index contributed by atoms with van der Waals surface area (Å²) in [6.45, 7) is 7.45. The van der Waals surface area contributed by atoms with Crippen LogP contribution in [0.3, 0.4) is 0 Å². The van der Waals surface area contributed by atoms with Gasteiger partial charge < -0.3 is 5.32 Å². The minimum atomic E-state index is -3.29. The number of hydrogen-bond acceptors (Lipinski definition) is 3. The molecule has 1 rings (SSSR count). The third-order valence-electron chi connectivity index (χ3n) is 2.71. The summed E-state index contributed by atoms with van der Waals surface area (Å²) in [4.78, 5) is 0. The second kappa shape index (κ2) is 7.26. The molecular formula is C13H21BrN2O2S. The zero-order valence-electron chi connectivity index (χ0n) is 11.6. The van der Waals surface area contributed by atoms with Gasteiger partial charge in [-0.2, -0.15) is 0 Å². The van der Waals surface area contributed by atoms with Gasteiger partial charge in [-0.05, 0) is 66.5 Å². The first-order valence-electron chi connectivity index (χ1n) is 6.33. The standard InChI is InChI=1S/C13H21BrN2O2S/c1-4-15-6-5-7-19(17,18)16-13-11(3)8-10(2)9-12(13)14/h8-9,15-16H,4-7H2,1-3H3. The fourth-order valence-electron chi connectivity index (χ4n) is 1.82. The molecule has 0 spiro atoms. The molecule has 0 atom stereocenters. The van der Waals surface area contributed by atoms with Gasteiger partial charge in [-0.1, -0.05) is 13.0 Å². The number of aryl methyl sites for hydroxylation is 2. The van der Waals surface area contributed by atoms with Gasteiger partial charge in [0, 0.05) is 4.47 Å². The maximum Gasteiger partial charge on any atom is 0.232 e. The molecule has 0 aliphatic rings. The zero-order valence-corrected chi connectivity index (χ0v) is 14.0. The number of rotatable bonds is 7. The van der Waals surface area contributed by atoms with Gasteiger partial charge in [0.25, 0.3) is 0 Å². The van der Waals surface area contributed by atoms with Gasteiger partial charge in [-0.25, -0.2) is 8.42 Å². The van der Waals surface area contributed by atoms with E-state index < -0.39 is 10.0 Å². The van der Waals surface area contributed by atoms with Crippen LogP contribution < -0.4 is 10.0 Å². The second-order valence-electron chi connectivity index (χ2n) is 4.57. The van der Waals surface area contributed by atoms with E-state index in [1.165, 1.54) is 0 Å². The number of nitrogens with one attached hydrogen (secondary N) is 2. The van der Waals surface area contributed by atoms with Crippen LogP contribution in [0, 0.1) is 13.8 Å². The summed E-state index contributed by atoms with van der Waals surface area (Å²) in [6.07, 6.45) is 0.603. The van der Waals surface area contributed by atoms with Crippen molar-refractivity contribution >= 4 is 31.6 Å². The molecule has 6 heteroatoms. The van der Waals surface area contributed by atoms with Gasteiger partial charge in [0.05, 0.1) is 11.4 Å². The summed E-state index contributed by atoms with van der Waals surface area (Å²) in [6, 6.07) is 3.87. The summed E-state index contributed by atoms with van der Waals surface area (Å²) in [5.74, 6) is 0.125. The minimum Gasteiger partial charge on any atom is -0.317 e. The molecule has 2 N–H and O–H groups in total. The van der Waals surface area contributed by atoms with Crippen molar-refractivity contribution in [1.82, 2.24) is 5.32 Å². The molecule has 1 aromatic rings. The summed E-state index contributed by atoms with van der Waals surface area (Å²) >= 11 is 3.40. The maximum absolute atomic E-state index is 12.0. The van der Waals surface area contributed by atoms with E-state index in [-0.39, 0.29) is 5.75 Å². The Morgan fingerprint density at radius 3 is 2.53 bits per heavy atom. The van der Waals surface area contributed by atoms with Crippen molar-refractivity contribution in [1.29, 1.82) is 0 Å². The second-order valence-corrected chi connectivity index (χ2v) is 7.26. The van der Waals surface area contributed by atoms with Gasteiger partial charge in [0.15, 0.2) is 0 Å². The average molecular weight is 349 g/mol. The predicted octanol–water partition coefficient (Wildman–Crippen LogP) is 2.81. The van der Waals surface area contributed by atoms with E-state index in [4.69, 9.17) is 0 Å². The van der Waals surface area contributed by atoms with Crippen LogP contribution in [0.25, 0.3) is 0 Å². The minimum absolute atomic E-state index is 0.125. The molecule has 0 heterocycles. The number of hydrogen-bond donors (Lipinski definition) is 2. The first-order valence-corrected chi connectivity index (χ1v) is 8.78. The lowest BCUT2D eigenvalue weighted by molar-refractivity contribution is 0.595. The van der Waals surface area contributed by atoms with Crippen LogP contribution in [0.2, 0.25) is 0 Å². The molecule has 0 amide bonds. The highest BCUT2D eigenvalue weighted by molar-refractivity contribution is 9.10. The molecule has 0 aliphatic carbocycles. The first-order chi connectivity index (χ1) is 8.85. The molecular weight excluding hydrogens is 328 g/mol. The summed E-state index contributed by atoms with van der Waals surface area (Å²) in [5, 5.41) is 3.11. The summed E-state index contributed by atoms with van der Waals surface area (Å²) < 4.78 is 27.4. The molecule has 0 bridgehead atoms. The third kappa shape index (κ3) is 5.50. The Labute approximate surface area is 124 Å². The first kappa shape index (κ1) is 16.5. The summed E-state index contributed by atoms with van der Waals surface area (Å²) in [7, 11) is -3.29. The molecule has 1 aromatic carbocycles. The van der Waals surface area contributed by atoms with Crippen LogP contribution >= 0.6 is 15.9 Å². The smallest absolute Gasteiger partial charge is 0.232 e. The van der Waals surface area contributed by atoms with Crippen molar-refractivity contribution in [2.24, 2.45) is 0 Å². The van der Waals surface area contributed by atoms with Gasteiger partial charge in [0.1, 0.15) is 0 Å². The van der Waals surface area contributed by atoms with Gasteiger partial charge >= 0.3 is 0 Å². The largest absolute Gasteiger partial charge is 0.317 e. The Hall–Kier alpha value is -0.590. The van der Waals surface area contributed by atoms with E-state index in [2.05, 4.69) is 26.0 Å². The average Bonchev–Trinajstić information content (AvgIpc) is 2.29. The van der Waals surface area contributed by atoms with Gasteiger partial charge in [0.2, 0.25) is 10.0 Å². The Morgan fingerprint density at radius 1 is 1.26 bits per heavy atom. The highest BCUT2D eigenvalue weighted by Crippen LogP contribution is 2.28. The SMILES string of the molecule is CCNCCCS(=O)(=O)Nc1c(C)cc(C)cc1Br. The van der Waals surface area contributed by atoms with E-state index in [0.29, 0.717) is 18.7 Å². The highest BCUT2D eigenvalue weighted by Gasteiger charge is 2.14. The van der Waals surface area contributed by atoms with Crippen LogP contribution in [0.1, 0.15) is 24.5 Å². The molecule has 0 fully saturated rings. The Bertz CT molecular complexity index is 506. The van der Waals surface area contributed by atoms with E-state index in [1.54, 1.807) is 0 Å². The quantitative estimate of drug-likeness (QED) is 0.745. The number of sulfonamides is 1. The van der Waals surface area contributed by atoms with Crippen LogP contribution in [0.4, 0.5) is 5.69 Å². The Morgan fingerprint density at radius 2 is 1.95 bits per heavy atom. The summed E-state index contributed by atoms with van der Waals surface area (Å²) in [5.41, 5.74) is 2.65. The van der Waals surface area contributed by atoms with E-state index in [9.17, 15) is 8.42 Å². The lowest BCUT2D eigenvalue weighted by Crippen LogP contribution is -2.22. The lowest BCUT2D eigenvalue weighted by Gasteiger charge is -2.13. The normalized spacial score (nSPS) is 11.6. The fraction of sp³-hybridized carbons (Fsp3) is 0.538. The predicted molar refractivity (Wildman–Crippen MR) is 84.2 cm³/mol. The van der Waals surface area contributed by atoms with E-state index in [0.717, 1.165) is 22.1 Å². The van der Waals surface area contributed by atoms with Gasteiger partial charge in [-0.15, -0.1) is 0 Å². The number of halogens is 1. The van der Waals surface area contributed by atoms with Crippen molar-refractivity contribution in [3.8, 4) is 0 Å². The van der Waals surface area contributed by atoms with Gasteiger partial charge in [-0.3, -0.25) is 4.72 Å². The molecule has 0 saturated carbocycles. The monoisotopic (exact) mass is 348 g/mol. The van der Waals surface area contributed by atoms with Crippen LogP contribution in [0.5, 0.6) is 0 Å².